The Bertz CT molecular complexity index is 455. The minimum absolute atomic E-state index is 0.642. The molecule has 0 aliphatic heterocycles. The van der Waals surface area contributed by atoms with Gasteiger partial charge < -0.3 is 0 Å². The predicted octanol–water partition coefficient (Wildman–Crippen LogP) is 3.67. The summed E-state index contributed by atoms with van der Waals surface area (Å²) in [6.07, 6.45) is 9.90. The van der Waals surface area contributed by atoms with Crippen LogP contribution in [0.5, 0.6) is 0 Å². The summed E-state index contributed by atoms with van der Waals surface area (Å²) in [5.74, 6) is 0.642. The van der Waals surface area contributed by atoms with Gasteiger partial charge in [-0.2, -0.15) is 0 Å². The van der Waals surface area contributed by atoms with Gasteiger partial charge in [-0.1, -0.05) is 12.1 Å². The molecular weight excluding hydrogens is 238 g/mol. The molecule has 0 unspecified atom stereocenters. The second-order valence-electron chi connectivity index (χ2n) is 5.47. The highest BCUT2D eigenvalue weighted by atomic mass is 32.2. The van der Waals surface area contributed by atoms with Gasteiger partial charge in [0.1, 0.15) is 0 Å². The Kier molecular flexibility index (Phi) is 3.47. The molecule has 0 fully saturated rings. The van der Waals surface area contributed by atoms with Crippen molar-refractivity contribution < 1.29 is 0 Å². The maximum absolute atomic E-state index is 4.45. The third-order valence-electron chi connectivity index (χ3n) is 4.38. The van der Waals surface area contributed by atoms with Crippen molar-refractivity contribution in [2.45, 2.75) is 38.5 Å². The first-order valence-corrected chi connectivity index (χ1v) is 8.18. The van der Waals surface area contributed by atoms with Crippen molar-refractivity contribution in [1.29, 1.82) is 0 Å². The number of fused-ring (bicyclic) bond motifs is 2. The van der Waals surface area contributed by atoms with Gasteiger partial charge >= 0.3 is 0 Å². The lowest BCUT2D eigenvalue weighted by Gasteiger charge is -2.17. The zero-order valence-electron chi connectivity index (χ0n) is 11.3. The molecule has 2 heteroatoms. The molecule has 0 bridgehead atoms. The summed E-state index contributed by atoms with van der Waals surface area (Å²) < 4.78 is 0. The Hall–Kier alpha value is -0.760. The highest BCUT2D eigenvalue weighted by Gasteiger charge is 2.26. The zero-order valence-corrected chi connectivity index (χ0v) is 12.1. The van der Waals surface area contributed by atoms with E-state index in [-0.39, 0.29) is 0 Å². The summed E-state index contributed by atoms with van der Waals surface area (Å²) in [5, 5.41) is 1.32. The van der Waals surface area contributed by atoms with E-state index >= 15 is 0 Å². The van der Waals surface area contributed by atoms with Crippen molar-refractivity contribution in [2.24, 2.45) is 10.9 Å². The minimum Gasteiger partial charge on any atom is -0.286 e. The molecule has 96 valence electrons. The number of aryl methyl sites for hydroxylation is 2. The standard InChI is InChI=1S/C16H21NS/c1-17-16(18-2)15-9-13-7-11-5-3-4-6-12(11)8-14(13)10-15/h7-8,15H,3-6,9-10H2,1-2H3. The van der Waals surface area contributed by atoms with Crippen LogP contribution >= 0.6 is 11.8 Å². The Labute approximate surface area is 114 Å². The SMILES string of the molecule is CN=C(SC)C1Cc2cc3c(cc2C1)CCCC3. The molecule has 18 heavy (non-hydrogen) atoms. The van der Waals surface area contributed by atoms with E-state index in [1.165, 1.54) is 43.6 Å². The van der Waals surface area contributed by atoms with Gasteiger partial charge in [-0.3, -0.25) is 4.99 Å². The predicted molar refractivity (Wildman–Crippen MR) is 80.9 cm³/mol. The maximum Gasteiger partial charge on any atom is 0.0707 e. The quantitative estimate of drug-likeness (QED) is 0.553. The zero-order chi connectivity index (χ0) is 12.5. The fraction of sp³-hybridized carbons (Fsp3) is 0.562. The van der Waals surface area contributed by atoms with E-state index in [1.807, 2.05) is 18.8 Å². The van der Waals surface area contributed by atoms with Crippen LogP contribution in [-0.4, -0.2) is 18.3 Å². The van der Waals surface area contributed by atoms with Crippen LogP contribution in [0.4, 0.5) is 0 Å². The maximum atomic E-state index is 4.45. The lowest BCUT2D eigenvalue weighted by Crippen LogP contribution is -2.10. The van der Waals surface area contributed by atoms with Crippen molar-refractivity contribution in [2.75, 3.05) is 13.3 Å². The first kappa shape index (κ1) is 12.3. The fourth-order valence-electron chi connectivity index (χ4n) is 3.49. The van der Waals surface area contributed by atoms with Gasteiger partial charge in [0.25, 0.3) is 0 Å². The van der Waals surface area contributed by atoms with Gasteiger partial charge in [-0.15, -0.1) is 11.8 Å². The summed E-state index contributed by atoms with van der Waals surface area (Å²) in [7, 11) is 1.93. The van der Waals surface area contributed by atoms with Crippen LogP contribution in [0, 0.1) is 5.92 Å². The van der Waals surface area contributed by atoms with E-state index in [1.54, 1.807) is 22.3 Å². The second-order valence-corrected chi connectivity index (χ2v) is 6.29. The molecule has 0 heterocycles. The summed E-state index contributed by atoms with van der Waals surface area (Å²) in [4.78, 5) is 4.45. The van der Waals surface area contributed by atoms with Gasteiger partial charge in [-0.05, 0) is 67.0 Å². The van der Waals surface area contributed by atoms with Gasteiger partial charge in [0.2, 0.25) is 0 Å². The highest BCUT2D eigenvalue weighted by Crippen LogP contribution is 2.34. The van der Waals surface area contributed by atoms with Gasteiger partial charge in [0.15, 0.2) is 0 Å². The molecule has 1 aromatic carbocycles. The first-order valence-electron chi connectivity index (χ1n) is 6.96. The molecule has 1 aromatic rings. The molecule has 0 amide bonds. The van der Waals surface area contributed by atoms with Gasteiger partial charge in [0.05, 0.1) is 5.04 Å². The third-order valence-corrected chi connectivity index (χ3v) is 5.31. The lowest BCUT2D eigenvalue weighted by atomic mass is 9.89. The van der Waals surface area contributed by atoms with Gasteiger partial charge in [-0.25, -0.2) is 0 Å². The fourth-order valence-corrected chi connectivity index (χ4v) is 4.17. The Balaban J connectivity index is 1.89. The molecule has 0 radical (unpaired) electrons. The minimum atomic E-state index is 0.642. The Morgan fingerprint density at radius 3 is 2.06 bits per heavy atom. The van der Waals surface area contributed by atoms with Crippen LogP contribution in [0.2, 0.25) is 0 Å². The second kappa shape index (κ2) is 5.08. The number of aliphatic imine (C=N–C) groups is 1. The summed E-state index contributed by atoms with van der Waals surface area (Å²) in [6, 6.07) is 4.99. The van der Waals surface area contributed by atoms with Crippen molar-refractivity contribution >= 4 is 16.8 Å². The van der Waals surface area contributed by atoms with Crippen LogP contribution in [0.25, 0.3) is 0 Å². The topological polar surface area (TPSA) is 12.4 Å². The Morgan fingerprint density at radius 1 is 1.06 bits per heavy atom. The van der Waals surface area contributed by atoms with Crippen LogP contribution in [-0.2, 0) is 25.7 Å². The smallest absolute Gasteiger partial charge is 0.0707 e. The molecule has 0 saturated carbocycles. The molecule has 2 aliphatic carbocycles. The molecule has 0 spiro atoms. The van der Waals surface area contributed by atoms with Crippen LogP contribution < -0.4 is 0 Å². The Morgan fingerprint density at radius 2 is 1.61 bits per heavy atom. The van der Waals surface area contributed by atoms with Crippen LogP contribution in [0.15, 0.2) is 17.1 Å². The molecule has 0 saturated heterocycles. The van der Waals surface area contributed by atoms with Crippen LogP contribution in [0.1, 0.15) is 35.1 Å². The molecule has 0 N–H and O–H groups in total. The van der Waals surface area contributed by atoms with E-state index in [2.05, 4.69) is 23.4 Å². The van der Waals surface area contributed by atoms with Crippen LogP contribution in [0.3, 0.4) is 0 Å². The largest absolute Gasteiger partial charge is 0.286 e. The average Bonchev–Trinajstić information content (AvgIpc) is 2.79. The number of thioether (sulfide) groups is 1. The number of benzene rings is 1. The summed E-state index contributed by atoms with van der Waals surface area (Å²) >= 11 is 1.82. The van der Waals surface area contributed by atoms with Crippen molar-refractivity contribution in [1.82, 2.24) is 0 Å². The average molecular weight is 259 g/mol. The molecule has 3 rings (SSSR count). The normalized spacial score (nSPS) is 19.8. The molecular formula is C16H21NS. The lowest BCUT2D eigenvalue weighted by molar-refractivity contribution is 0.684. The van der Waals surface area contributed by atoms with Gasteiger partial charge in [0, 0.05) is 13.0 Å². The van der Waals surface area contributed by atoms with Crippen molar-refractivity contribution in [3.05, 3.63) is 34.4 Å². The monoisotopic (exact) mass is 259 g/mol. The highest BCUT2D eigenvalue weighted by molar-refractivity contribution is 8.13. The van der Waals surface area contributed by atoms with E-state index in [0.29, 0.717) is 5.92 Å². The third kappa shape index (κ3) is 2.11. The van der Waals surface area contributed by atoms with E-state index < -0.39 is 0 Å². The van der Waals surface area contributed by atoms with E-state index in [4.69, 9.17) is 0 Å². The molecule has 0 aromatic heterocycles. The summed E-state index contributed by atoms with van der Waals surface area (Å²) in [5.41, 5.74) is 6.44. The van der Waals surface area contributed by atoms with E-state index in [0.717, 1.165) is 0 Å². The van der Waals surface area contributed by atoms with E-state index in [9.17, 15) is 0 Å². The molecule has 0 atom stereocenters. The number of nitrogens with zero attached hydrogens (tertiary/aromatic N) is 1. The number of rotatable bonds is 1. The first-order chi connectivity index (χ1) is 8.81. The van der Waals surface area contributed by atoms with Crippen molar-refractivity contribution in [3.8, 4) is 0 Å². The summed E-state index contributed by atoms with van der Waals surface area (Å²) in [6.45, 7) is 0. The molecule has 1 nitrogen and oxygen atoms in total. The van der Waals surface area contributed by atoms with Crippen molar-refractivity contribution in [3.63, 3.8) is 0 Å². The number of hydrogen-bond acceptors (Lipinski definition) is 2. The number of hydrogen-bond donors (Lipinski definition) is 0. The molecule has 2 aliphatic rings.